The molecule has 0 aliphatic carbocycles. The summed E-state index contributed by atoms with van der Waals surface area (Å²) in [5.74, 6) is -0.144. The summed E-state index contributed by atoms with van der Waals surface area (Å²) in [5, 5.41) is 7.21. The van der Waals surface area contributed by atoms with Crippen molar-refractivity contribution in [3.05, 3.63) is 76.3 Å². The Labute approximate surface area is 142 Å². The lowest BCUT2D eigenvalue weighted by atomic mass is 10.2. The Hall–Kier alpha value is -2.47. The van der Waals surface area contributed by atoms with Gasteiger partial charge in [0.2, 0.25) is 0 Å². The van der Waals surface area contributed by atoms with E-state index in [1.165, 1.54) is 0 Å². The third kappa shape index (κ3) is 3.48. The van der Waals surface area contributed by atoms with Crippen LogP contribution in [0.15, 0.2) is 59.5 Å². The van der Waals surface area contributed by atoms with Crippen molar-refractivity contribution in [2.75, 3.05) is 0 Å². The summed E-state index contributed by atoms with van der Waals surface area (Å²) >= 11 is 3.41. The lowest BCUT2D eigenvalue weighted by Crippen LogP contribution is -2.23. The topological polar surface area (TPSA) is 59.8 Å². The maximum Gasteiger partial charge on any atom is 0.255 e. The molecule has 0 spiro atoms. The highest BCUT2D eigenvalue weighted by Crippen LogP contribution is 2.17. The van der Waals surface area contributed by atoms with Gasteiger partial charge in [0.25, 0.3) is 5.91 Å². The minimum atomic E-state index is -0.144. The lowest BCUT2D eigenvalue weighted by Gasteiger charge is -2.07. The molecule has 116 valence electrons. The van der Waals surface area contributed by atoms with Crippen LogP contribution in [0.5, 0.6) is 0 Å². The van der Waals surface area contributed by atoms with E-state index in [0.29, 0.717) is 12.1 Å². The van der Waals surface area contributed by atoms with E-state index in [0.717, 1.165) is 21.4 Å². The predicted molar refractivity (Wildman–Crippen MR) is 91.4 cm³/mol. The van der Waals surface area contributed by atoms with E-state index in [1.54, 1.807) is 23.3 Å². The smallest absolute Gasteiger partial charge is 0.255 e. The fraction of sp³-hybridized carbons (Fsp3) is 0.118. The van der Waals surface area contributed by atoms with Gasteiger partial charge in [-0.3, -0.25) is 9.78 Å². The van der Waals surface area contributed by atoms with Crippen molar-refractivity contribution in [1.82, 2.24) is 20.1 Å². The quantitative estimate of drug-likeness (QED) is 0.766. The van der Waals surface area contributed by atoms with Gasteiger partial charge in [0.15, 0.2) is 0 Å². The minimum Gasteiger partial charge on any atom is -0.348 e. The molecule has 2 heterocycles. The Bertz CT molecular complexity index is 812. The van der Waals surface area contributed by atoms with Crippen molar-refractivity contribution in [2.24, 2.45) is 0 Å². The number of nitrogens with one attached hydrogen (secondary N) is 1. The monoisotopic (exact) mass is 370 g/mol. The molecule has 1 aromatic carbocycles. The Balaban J connectivity index is 1.76. The summed E-state index contributed by atoms with van der Waals surface area (Å²) in [5.41, 5.74) is 3.24. The number of hydrogen-bond donors (Lipinski definition) is 1. The molecule has 0 bridgehead atoms. The second kappa shape index (κ2) is 6.75. The lowest BCUT2D eigenvalue weighted by molar-refractivity contribution is 0.0950. The number of amides is 1. The summed E-state index contributed by atoms with van der Waals surface area (Å²) in [6.07, 6.45) is 5.03. The van der Waals surface area contributed by atoms with E-state index in [9.17, 15) is 4.79 Å². The number of hydrogen-bond acceptors (Lipinski definition) is 3. The highest BCUT2D eigenvalue weighted by molar-refractivity contribution is 9.10. The zero-order valence-corrected chi connectivity index (χ0v) is 14.1. The Morgan fingerprint density at radius 1 is 1.22 bits per heavy atom. The average molecular weight is 371 g/mol. The van der Waals surface area contributed by atoms with Crippen molar-refractivity contribution < 1.29 is 4.79 Å². The number of carbonyl (C=O) groups excluding carboxylic acids is 1. The Kier molecular flexibility index (Phi) is 4.52. The number of carbonyl (C=O) groups is 1. The van der Waals surface area contributed by atoms with Crippen LogP contribution in [0.1, 0.15) is 21.6 Å². The zero-order valence-electron chi connectivity index (χ0n) is 12.5. The van der Waals surface area contributed by atoms with Crippen LogP contribution < -0.4 is 5.32 Å². The molecule has 3 rings (SSSR count). The molecule has 1 N–H and O–H groups in total. The molecule has 1 amide bonds. The first kappa shape index (κ1) is 15.4. The molecule has 0 fully saturated rings. The highest BCUT2D eigenvalue weighted by atomic mass is 79.9. The third-order valence-electron chi connectivity index (χ3n) is 3.50. The molecule has 0 radical (unpaired) electrons. The van der Waals surface area contributed by atoms with Gasteiger partial charge in [0, 0.05) is 23.4 Å². The number of benzene rings is 1. The summed E-state index contributed by atoms with van der Waals surface area (Å²) < 4.78 is 2.76. The van der Waals surface area contributed by atoms with E-state index in [4.69, 9.17) is 0 Å². The summed E-state index contributed by atoms with van der Waals surface area (Å²) in [6, 6.07) is 11.5. The van der Waals surface area contributed by atoms with Gasteiger partial charge in [-0.05, 0) is 42.8 Å². The van der Waals surface area contributed by atoms with Crippen molar-refractivity contribution in [1.29, 1.82) is 0 Å². The van der Waals surface area contributed by atoms with Crippen LogP contribution in [0.2, 0.25) is 0 Å². The molecule has 5 nitrogen and oxygen atoms in total. The van der Waals surface area contributed by atoms with Crippen molar-refractivity contribution in [3.8, 4) is 5.69 Å². The first-order chi connectivity index (χ1) is 11.1. The molecule has 0 atom stereocenters. The molecule has 23 heavy (non-hydrogen) atoms. The third-order valence-corrected chi connectivity index (χ3v) is 4.03. The number of aromatic nitrogens is 3. The molecular formula is C17H15BrN4O. The standard InChI is InChI=1S/C17H15BrN4O/c1-12-16(17(23)20-10-13-3-2-8-19-9-13)11-21-22(12)15-6-4-14(18)5-7-15/h2-9,11H,10H2,1H3,(H,20,23). The van der Waals surface area contributed by atoms with Crippen molar-refractivity contribution in [2.45, 2.75) is 13.5 Å². The summed E-state index contributed by atoms with van der Waals surface area (Å²) in [7, 11) is 0. The first-order valence-electron chi connectivity index (χ1n) is 7.13. The maximum atomic E-state index is 12.3. The predicted octanol–water partition coefficient (Wildman–Crippen LogP) is 3.27. The number of halogens is 1. The molecule has 6 heteroatoms. The van der Waals surface area contributed by atoms with Gasteiger partial charge in [0.1, 0.15) is 0 Å². The van der Waals surface area contributed by atoms with Crippen LogP contribution >= 0.6 is 15.9 Å². The van der Waals surface area contributed by atoms with E-state index in [-0.39, 0.29) is 5.91 Å². The van der Waals surface area contributed by atoms with Gasteiger partial charge in [-0.25, -0.2) is 4.68 Å². The molecule has 0 aliphatic rings. The maximum absolute atomic E-state index is 12.3. The van der Waals surface area contributed by atoms with Crippen LogP contribution in [0.3, 0.4) is 0 Å². The molecule has 0 aliphatic heterocycles. The zero-order chi connectivity index (χ0) is 16.2. The van der Waals surface area contributed by atoms with E-state index < -0.39 is 0 Å². The second-order valence-corrected chi connectivity index (χ2v) is 5.99. The Morgan fingerprint density at radius 2 is 2.00 bits per heavy atom. The van der Waals surface area contributed by atoms with Gasteiger partial charge in [0.05, 0.1) is 23.1 Å². The van der Waals surface area contributed by atoms with Gasteiger partial charge < -0.3 is 5.32 Å². The molecular weight excluding hydrogens is 356 g/mol. The fourth-order valence-electron chi connectivity index (χ4n) is 2.26. The highest BCUT2D eigenvalue weighted by Gasteiger charge is 2.14. The van der Waals surface area contributed by atoms with Gasteiger partial charge >= 0.3 is 0 Å². The van der Waals surface area contributed by atoms with Crippen LogP contribution in [0.25, 0.3) is 5.69 Å². The fourth-order valence-corrected chi connectivity index (χ4v) is 2.52. The Morgan fingerprint density at radius 3 is 2.70 bits per heavy atom. The van der Waals surface area contributed by atoms with E-state index >= 15 is 0 Å². The number of nitrogens with zero attached hydrogens (tertiary/aromatic N) is 3. The average Bonchev–Trinajstić information content (AvgIpc) is 2.96. The van der Waals surface area contributed by atoms with E-state index in [1.807, 2.05) is 43.3 Å². The summed E-state index contributed by atoms with van der Waals surface area (Å²) in [6.45, 7) is 2.32. The molecule has 0 saturated carbocycles. The minimum absolute atomic E-state index is 0.144. The van der Waals surface area contributed by atoms with Gasteiger partial charge in [-0.1, -0.05) is 22.0 Å². The molecule has 2 aromatic heterocycles. The van der Waals surface area contributed by atoms with Gasteiger partial charge in [-0.15, -0.1) is 0 Å². The first-order valence-corrected chi connectivity index (χ1v) is 7.92. The van der Waals surface area contributed by atoms with Crippen LogP contribution in [-0.4, -0.2) is 20.7 Å². The normalized spacial score (nSPS) is 10.5. The van der Waals surface area contributed by atoms with Crippen LogP contribution in [0, 0.1) is 6.92 Å². The number of pyridine rings is 1. The van der Waals surface area contributed by atoms with Crippen molar-refractivity contribution >= 4 is 21.8 Å². The van der Waals surface area contributed by atoms with Crippen molar-refractivity contribution in [3.63, 3.8) is 0 Å². The van der Waals surface area contributed by atoms with E-state index in [2.05, 4.69) is 31.3 Å². The summed E-state index contributed by atoms with van der Waals surface area (Å²) in [4.78, 5) is 16.4. The SMILES string of the molecule is Cc1c(C(=O)NCc2cccnc2)cnn1-c1ccc(Br)cc1. The molecule has 0 saturated heterocycles. The second-order valence-electron chi connectivity index (χ2n) is 5.08. The molecule has 0 unspecified atom stereocenters. The molecule has 3 aromatic rings. The van der Waals surface area contributed by atoms with Crippen LogP contribution in [0.4, 0.5) is 0 Å². The van der Waals surface area contributed by atoms with Gasteiger partial charge in [-0.2, -0.15) is 5.10 Å². The largest absolute Gasteiger partial charge is 0.348 e. The number of rotatable bonds is 4. The van der Waals surface area contributed by atoms with Crippen LogP contribution in [-0.2, 0) is 6.54 Å².